The molecule has 1 aliphatic rings. The van der Waals surface area contributed by atoms with Gasteiger partial charge >= 0.3 is 6.18 Å². The summed E-state index contributed by atoms with van der Waals surface area (Å²) >= 11 is 0. The highest BCUT2D eigenvalue weighted by atomic mass is 19.4. The van der Waals surface area contributed by atoms with Crippen LogP contribution in [0.25, 0.3) is 0 Å². The Balaban J connectivity index is 1.89. The second kappa shape index (κ2) is 6.44. The van der Waals surface area contributed by atoms with Gasteiger partial charge in [0.1, 0.15) is 6.04 Å². The Morgan fingerprint density at radius 3 is 2.24 bits per heavy atom. The molecule has 1 aliphatic heterocycles. The molecule has 1 aromatic carbocycles. The minimum atomic E-state index is -4.20. The van der Waals surface area contributed by atoms with Gasteiger partial charge in [0.05, 0.1) is 6.54 Å². The fourth-order valence-electron chi connectivity index (χ4n) is 2.38. The van der Waals surface area contributed by atoms with Gasteiger partial charge in [-0.15, -0.1) is 0 Å². The van der Waals surface area contributed by atoms with E-state index in [1.807, 2.05) is 6.07 Å². The number of halogens is 3. The first kappa shape index (κ1) is 15.8. The molecule has 0 aromatic heterocycles. The van der Waals surface area contributed by atoms with Crippen molar-refractivity contribution < 1.29 is 18.0 Å². The number of nitrogens with two attached hydrogens (primary N) is 1. The Labute approximate surface area is 121 Å². The van der Waals surface area contributed by atoms with Gasteiger partial charge in [-0.05, 0) is 5.56 Å². The number of amides is 1. The van der Waals surface area contributed by atoms with Crippen LogP contribution in [-0.2, 0) is 4.79 Å². The second-order valence-corrected chi connectivity index (χ2v) is 5.10. The van der Waals surface area contributed by atoms with Crippen molar-refractivity contribution in [2.45, 2.75) is 12.2 Å². The quantitative estimate of drug-likeness (QED) is 0.918. The van der Waals surface area contributed by atoms with Crippen LogP contribution in [0, 0.1) is 0 Å². The summed E-state index contributed by atoms with van der Waals surface area (Å²) in [5.74, 6) is -0.243. The lowest BCUT2D eigenvalue weighted by Crippen LogP contribution is -2.52. The molecule has 0 spiro atoms. The van der Waals surface area contributed by atoms with Crippen LogP contribution in [-0.4, -0.2) is 54.6 Å². The van der Waals surface area contributed by atoms with Gasteiger partial charge in [0.25, 0.3) is 0 Å². The van der Waals surface area contributed by atoms with Crippen LogP contribution in [0.5, 0.6) is 0 Å². The van der Waals surface area contributed by atoms with Gasteiger partial charge in [0.15, 0.2) is 0 Å². The summed E-state index contributed by atoms with van der Waals surface area (Å²) in [6.45, 7) is 0.0458. The highest BCUT2D eigenvalue weighted by Gasteiger charge is 2.33. The monoisotopic (exact) mass is 301 g/mol. The van der Waals surface area contributed by atoms with E-state index in [-0.39, 0.29) is 32.1 Å². The van der Waals surface area contributed by atoms with Crippen molar-refractivity contribution >= 4 is 5.91 Å². The van der Waals surface area contributed by atoms with Crippen molar-refractivity contribution in [1.82, 2.24) is 9.80 Å². The molecule has 116 valence electrons. The van der Waals surface area contributed by atoms with Crippen molar-refractivity contribution in [3.63, 3.8) is 0 Å². The molecule has 2 rings (SSSR count). The molecule has 2 N–H and O–H groups in total. The number of rotatable bonds is 3. The molecule has 0 saturated carbocycles. The SMILES string of the molecule is N[C@@H](C(=O)N1CCN(CC(F)(F)F)CC1)c1ccccc1. The Morgan fingerprint density at radius 1 is 1.14 bits per heavy atom. The molecule has 1 saturated heterocycles. The minimum absolute atomic E-state index is 0.215. The third-order valence-corrected chi connectivity index (χ3v) is 3.51. The van der Waals surface area contributed by atoms with E-state index in [1.165, 1.54) is 9.80 Å². The zero-order valence-electron chi connectivity index (χ0n) is 11.5. The molecule has 0 unspecified atom stereocenters. The Morgan fingerprint density at radius 2 is 1.71 bits per heavy atom. The molecule has 1 atom stereocenters. The van der Waals surface area contributed by atoms with E-state index in [4.69, 9.17) is 5.73 Å². The molecule has 0 radical (unpaired) electrons. The van der Waals surface area contributed by atoms with Crippen LogP contribution >= 0.6 is 0 Å². The minimum Gasteiger partial charge on any atom is -0.338 e. The first-order valence-corrected chi connectivity index (χ1v) is 6.75. The number of carbonyl (C=O) groups is 1. The van der Waals surface area contributed by atoms with Crippen molar-refractivity contribution in [3.8, 4) is 0 Å². The lowest BCUT2D eigenvalue weighted by molar-refractivity contribution is -0.152. The Kier molecular flexibility index (Phi) is 4.84. The number of carbonyl (C=O) groups excluding carboxylic acids is 1. The van der Waals surface area contributed by atoms with Gasteiger partial charge in [0, 0.05) is 26.2 Å². The summed E-state index contributed by atoms with van der Waals surface area (Å²) in [6.07, 6.45) is -4.20. The molecule has 1 aromatic rings. The van der Waals surface area contributed by atoms with Crippen molar-refractivity contribution in [2.24, 2.45) is 5.73 Å². The Hall–Kier alpha value is -1.60. The third-order valence-electron chi connectivity index (χ3n) is 3.51. The molecule has 1 amide bonds. The second-order valence-electron chi connectivity index (χ2n) is 5.10. The van der Waals surface area contributed by atoms with Crippen LogP contribution in [0.2, 0.25) is 0 Å². The predicted molar refractivity (Wildman–Crippen MR) is 72.4 cm³/mol. The van der Waals surface area contributed by atoms with Crippen molar-refractivity contribution in [1.29, 1.82) is 0 Å². The topological polar surface area (TPSA) is 49.6 Å². The summed E-state index contributed by atoms with van der Waals surface area (Å²) in [7, 11) is 0. The van der Waals surface area contributed by atoms with Crippen molar-refractivity contribution in [3.05, 3.63) is 35.9 Å². The predicted octanol–water partition coefficient (Wildman–Crippen LogP) is 1.39. The average molecular weight is 301 g/mol. The van der Waals surface area contributed by atoms with E-state index in [0.717, 1.165) is 0 Å². The molecule has 21 heavy (non-hydrogen) atoms. The van der Waals surface area contributed by atoms with E-state index < -0.39 is 18.8 Å². The van der Waals surface area contributed by atoms with E-state index in [0.29, 0.717) is 5.56 Å². The normalized spacial score (nSPS) is 18.6. The van der Waals surface area contributed by atoms with Crippen LogP contribution in [0.3, 0.4) is 0 Å². The Bertz CT molecular complexity index is 470. The van der Waals surface area contributed by atoms with Crippen LogP contribution in [0.4, 0.5) is 13.2 Å². The molecule has 1 fully saturated rings. The van der Waals surface area contributed by atoms with Gasteiger partial charge in [-0.2, -0.15) is 13.2 Å². The summed E-state index contributed by atoms with van der Waals surface area (Å²) in [5, 5.41) is 0. The zero-order valence-corrected chi connectivity index (χ0v) is 11.5. The van der Waals surface area contributed by atoms with Crippen LogP contribution in [0.1, 0.15) is 11.6 Å². The smallest absolute Gasteiger partial charge is 0.338 e. The zero-order chi connectivity index (χ0) is 15.5. The third kappa shape index (κ3) is 4.44. The van der Waals surface area contributed by atoms with E-state index in [1.54, 1.807) is 24.3 Å². The number of piperazine rings is 1. The summed E-state index contributed by atoms with van der Waals surface area (Å²) in [4.78, 5) is 15.1. The van der Waals surface area contributed by atoms with Gasteiger partial charge in [-0.25, -0.2) is 0 Å². The average Bonchev–Trinajstić information content (AvgIpc) is 2.46. The largest absolute Gasteiger partial charge is 0.401 e. The number of hydrogen-bond donors (Lipinski definition) is 1. The molecule has 0 aliphatic carbocycles. The molecule has 7 heteroatoms. The highest BCUT2D eigenvalue weighted by Crippen LogP contribution is 2.19. The molecular weight excluding hydrogens is 283 g/mol. The number of benzene rings is 1. The molecule has 4 nitrogen and oxygen atoms in total. The molecule has 0 bridgehead atoms. The maximum atomic E-state index is 12.3. The number of hydrogen-bond acceptors (Lipinski definition) is 3. The lowest BCUT2D eigenvalue weighted by atomic mass is 10.1. The first-order valence-electron chi connectivity index (χ1n) is 6.75. The number of nitrogens with zero attached hydrogens (tertiary/aromatic N) is 2. The van der Waals surface area contributed by atoms with Crippen LogP contribution in [0.15, 0.2) is 30.3 Å². The van der Waals surface area contributed by atoms with Crippen molar-refractivity contribution in [2.75, 3.05) is 32.7 Å². The van der Waals surface area contributed by atoms with Gasteiger partial charge < -0.3 is 10.6 Å². The molecule has 1 heterocycles. The maximum absolute atomic E-state index is 12.3. The van der Waals surface area contributed by atoms with E-state index >= 15 is 0 Å². The highest BCUT2D eigenvalue weighted by molar-refractivity contribution is 5.83. The number of alkyl halides is 3. The summed E-state index contributed by atoms with van der Waals surface area (Å²) in [6, 6.07) is 8.19. The van der Waals surface area contributed by atoms with Gasteiger partial charge in [-0.1, -0.05) is 30.3 Å². The van der Waals surface area contributed by atoms with Crippen LogP contribution < -0.4 is 5.73 Å². The van der Waals surface area contributed by atoms with Gasteiger partial charge in [-0.3, -0.25) is 9.69 Å². The summed E-state index contributed by atoms with van der Waals surface area (Å²) in [5.41, 5.74) is 6.63. The fraction of sp³-hybridized carbons (Fsp3) is 0.500. The van der Waals surface area contributed by atoms with E-state index in [2.05, 4.69) is 0 Å². The standard InChI is InChI=1S/C14H18F3N3O/c15-14(16,17)10-19-6-8-20(9-7-19)13(21)12(18)11-4-2-1-3-5-11/h1-5,12H,6-10,18H2/t12-/m1/s1. The maximum Gasteiger partial charge on any atom is 0.401 e. The molecular formula is C14H18F3N3O. The lowest BCUT2D eigenvalue weighted by Gasteiger charge is -2.36. The van der Waals surface area contributed by atoms with E-state index in [9.17, 15) is 18.0 Å². The fourth-order valence-corrected chi connectivity index (χ4v) is 2.38. The first-order chi connectivity index (χ1) is 9.87. The summed E-state index contributed by atoms with van der Waals surface area (Å²) < 4.78 is 36.9. The van der Waals surface area contributed by atoms with Gasteiger partial charge in [0.2, 0.25) is 5.91 Å².